The van der Waals surface area contributed by atoms with Gasteiger partial charge < -0.3 is 19.3 Å². The van der Waals surface area contributed by atoms with E-state index in [0.29, 0.717) is 24.5 Å². The van der Waals surface area contributed by atoms with Crippen molar-refractivity contribution in [2.75, 3.05) is 38.8 Å². The van der Waals surface area contributed by atoms with Crippen LogP contribution in [0, 0.1) is 0 Å². The second kappa shape index (κ2) is 7.42. The van der Waals surface area contributed by atoms with E-state index in [0.717, 1.165) is 36.6 Å². The molecule has 0 spiro atoms. The smallest absolute Gasteiger partial charge is 0.274 e. The van der Waals surface area contributed by atoms with Crippen LogP contribution in [0.5, 0.6) is 11.5 Å². The van der Waals surface area contributed by atoms with Gasteiger partial charge in [-0.3, -0.25) is 4.79 Å². The molecule has 0 aliphatic carbocycles. The minimum atomic E-state index is -0.0871. The van der Waals surface area contributed by atoms with E-state index in [4.69, 9.17) is 9.47 Å². The van der Waals surface area contributed by atoms with Crippen molar-refractivity contribution >= 4 is 11.7 Å². The molecule has 1 fully saturated rings. The topological polar surface area (TPSA) is 67.8 Å². The van der Waals surface area contributed by atoms with Crippen LogP contribution >= 0.6 is 0 Å². The second-order valence-corrected chi connectivity index (χ2v) is 6.91. The van der Waals surface area contributed by atoms with Gasteiger partial charge in [-0.05, 0) is 42.5 Å². The van der Waals surface area contributed by atoms with Gasteiger partial charge in [-0.15, -0.1) is 0 Å². The first-order valence-corrected chi connectivity index (χ1v) is 9.29. The maximum atomic E-state index is 12.9. The first-order chi connectivity index (χ1) is 13.2. The number of aromatic nitrogens is 2. The summed E-state index contributed by atoms with van der Waals surface area (Å²) in [5, 5.41) is 0. The number of methoxy groups -OCH3 is 2. The van der Waals surface area contributed by atoms with Crippen LogP contribution in [0.2, 0.25) is 0 Å². The molecule has 1 aromatic carbocycles. The van der Waals surface area contributed by atoms with Crippen LogP contribution in [-0.2, 0) is 13.0 Å². The van der Waals surface area contributed by atoms with Gasteiger partial charge in [0.1, 0.15) is 11.5 Å². The molecule has 0 unspecified atom stereocenters. The maximum absolute atomic E-state index is 12.9. The average molecular weight is 368 g/mol. The highest BCUT2D eigenvalue weighted by atomic mass is 16.5. The SMILES string of the molecule is COc1cc2c(cc1OC)CN(C(=O)c1cnc(N3CCCC3)cn1)CC2. The first kappa shape index (κ1) is 17.6. The number of rotatable bonds is 4. The number of carbonyl (C=O) groups excluding carboxylic acids is 1. The lowest BCUT2D eigenvalue weighted by molar-refractivity contribution is 0.0728. The summed E-state index contributed by atoms with van der Waals surface area (Å²) in [5.74, 6) is 2.17. The third kappa shape index (κ3) is 3.41. The Morgan fingerprint density at radius 2 is 1.67 bits per heavy atom. The van der Waals surface area contributed by atoms with E-state index in [1.54, 1.807) is 26.6 Å². The molecule has 1 saturated heterocycles. The summed E-state index contributed by atoms with van der Waals surface area (Å²) in [6.07, 6.45) is 6.46. The van der Waals surface area contributed by atoms with Crippen LogP contribution < -0.4 is 14.4 Å². The standard InChI is InChI=1S/C20H24N4O3/c1-26-17-9-14-5-8-24(13-15(14)10-18(17)27-2)20(25)16-11-22-19(12-21-16)23-6-3-4-7-23/h9-12H,3-8,13H2,1-2H3. The number of hydrogen-bond donors (Lipinski definition) is 0. The average Bonchev–Trinajstić information content (AvgIpc) is 3.26. The quantitative estimate of drug-likeness (QED) is 0.825. The van der Waals surface area contributed by atoms with E-state index < -0.39 is 0 Å². The molecule has 1 amide bonds. The van der Waals surface area contributed by atoms with Gasteiger partial charge in [0.25, 0.3) is 5.91 Å². The molecular weight excluding hydrogens is 344 g/mol. The summed E-state index contributed by atoms with van der Waals surface area (Å²) in [6.45, 7) is 3.20. The predicted molar refractivity (Wildman–Crippen MR) is 101 cm³/mol. The first-order valence-electron chi connectivity index (χ1n) is 9.29. The Kier molecular flexibility index (Phi) is 4.83. The van der Waals surface area contributed by atoms with Gasteiger partial charge in [-0.1, -0.05) is 0 Å². The largest absolute Gasteiger partial charge is 0.493 e. The molecular formula is C20H24N4O3. The molecule has 0 atom stereocenters. The van der Waals surface area contributed by atoms with Gasteiger partial charge in [-0.2, -0.15) is 0 Å². The van der Waals surface area contributed by atoms with Crippen molar-refractivity contribution < 1.29 is 14.3 Å². The van der Waals surface area contributed by atoms with Crippen LogP contribution in [0.3, 0.4) is 0 Å². The van der Waals surface area contributed by atoms with Crippen LogP contribution in [-0.4, -0.2) is 54.6 Å². The third-order valence-electron chi connectivity index (χ3n) is 5.29. The number of fused-ring (bicyclic) bond motifs is 1. The Balaban J connectivity index is 1.50. The van der Waals surface area contributed by atoms with Crippen LogP contribution in [0.25, 0.3) is 0 Å². The van der Waals surface area contributed by atoms with Crippen molar-refractivity contribution in [3.05, 3.63) is 41.3 Å². The minimum Gasteiger partial charge on any atom is -0.493 e. The Labute approximate surface area is 158 Å². The summed E-state index contributed by atoms with van der Waals surface area (Å²) in [5.41, 5.74) is 2.66. The Bertz CT molecular complexity index is 832. The van der Waals surface area contributed by atoms with Crippen LogP contribution in [0.1, 0.15) is 34.5 Å². The van der Waals surface area contributed by atoms with E-state index in [1.165, 1.54) is 18.4 Å². The van der Waals surface area contributed by atoms with Crippen molar-refractivity contribution in [2.24, 2.45) is 0 Å². The normalized spacial score (nSPS) is 16.2. The molecule has 2 aromatic rings. The van der Waals surface area contributed by atoms with Gasteiger partial charge in [0.05, 0.1) is 26.6 Å². The number of amides is 1. The molecule has 1 aromatic heterocycles. The summed E-state index contributed by atoms with van der Waals surface area (Å²) in [6, 6.07) is 3.95. The highest BCUT2D eigenvalue weighted by Gasteiger charge is 2.25. The molecule has 2 aliphatic rings. The van der Waals surface area contributed by atoms with E-state index >= 15 is 0 Å². The van der Waals surface area contributed by atoms with Gasteiger partial charge in [0.2, 0.25) is 0 Å². The zero-order valence-corrected chi connectivity index (χ0v) is 15.8. The number of carbonyl (C=O) groups is 1. The molecule has 0 N–H and O–H groups in total. The molecule has 0 radical (unpaired) electrons. The lowest BCUT2D eigenvalue weighted by Gasteiger charge is -2.29. The highest BCUT2D eigenvalue weighted by molar-refractivity contribution is 5.92. The Hall–Kier alpha value is -2.83. The van der Waals surface area contributed by atoms with Crippen molar-refractivity contribution in [3.63, 3.8) is 0 Å². The molecule has 2 aliphatic heterocycles. The summed E-state index contributed by atoms with van der Waals surface area (Å²) >= 11 is 0. The van der Waals surface area contributed by atoms with Gasteiger partial charge in [0.15, 0.2) is 11.5 Å². The minimum absolute atomic E-state index is 0.0871. The number of benzene rings is 1. The van der Waals surface area contributed by atoms with Gasteiger partial charge in [-0.25, -0.2) is 9.97 Å². The predicted octanol–water partition coefficient (Wildman–Crippen LogP) is 2.29. The lowest BCUT2D eigenvalue weighted by atomic mass is 9.98. The summed E-state index contributed by atoms with van der Waals surface area (Å²) < 4.78 is 10.8. The molecule has 7 heteroatoms. The number of hydrogen-bond acceptors (Lipinski definition) is 6. The molecule has 0 saturated carbocycles. The fraction of sp³-hybridized carbons (Fsp3) is 0.450. The molecule has 142 valence electrons. The third-order valence-corrected chi connectivity index (χ3v) is 5.29. The second-order valence-electron chi connectivity index (χ2n) is 6.91. The van der Waals surface area contributed by atoms with E-state index in [1.807, 2.05) is 17.0 Å². The summed E-state index contributed by atoms with van der Waals surface area (Å²) in [7, 11) is 3.25. The van der Waals surface area contributed by atoms with Crippen LogP contribution in [0.4, 0.5) is 5.82 Å². The molecule has 3 heterocycles. The zero-order valence-electron chi connectivity index (χ0n) is 15.8. The van der Waals surface area contributed by atoms with E-state index in [-0.39, 0.29) is 5.91 Å². The number of anilines is 1. The zero-order chi connectivity index (χ0) is 18.8. The molecule has 0 bridgehead atoms. The highest BCUT2D eigenvalue weighted by Crippen LogP contribution is 2.33. The maximum Gasteiger partial charge on any atom is 0.274 e. The van der Waals surface area contributed by atoms with Crippen molar-refractivity contribution in [2.45, 2.75) is 25.8 Å². The number of nitrogens with zero attached hydrogens (tertiary/aromatic N) is 4. The lowest BCUT2D eigenvalue weighted by Crippen LogP contribution is -2.36. The number of ether oxygens (including phenoxy) is 2. The van der Waals surface area contributed by atoms with Crippen molar-refractivity contribution in [1.82, 2.24) is 14.9 Å². The fourth-order valence-electron chi connectivity index (χ4n) is 3.76. The fourth-order valence-corrected chi connectivity index (χ4v) is 3.76. The van der Waals surface area contributed by atoms with E-state index in [2.05, 4.69) is 14.9 Å². The monoisotopic (exact) mass is 368 g/mol. The van der Waals surface area contributed by atoms with Gasteiger partial charge in [0, 0.05) is 26.2 Å². The van der Waals surface area contributed by atoms with E-state index in [9.17, 15) is 4.79 Å². The van der Waals surface area contributed by atoms with Crippen molar-refractivity contribution in [1.29, 1.82) is 0 Å². The molecule has 27 heavy (non-hydrogen) atoms. The Morgan fingerprint density at radius 1 is 0.963 bits per heavy atom. The molecule has 4 rings (SSSR count). The van der Waals surface area contributed by atoms with Crippen LogP contribution in [0.15, 0.2) is 24.5 Å². The molecule has 7 nitrogen and oxygen atoms in total. The summed E-state index contributed by atoms with van der Waals surface area (Å²) in [4.78, 5) is 25.7. The van der Waals surface area contributed by atoms with Crippen molar-refractivity contribution in [3.8, 4) is 11.5 Å². The Morgan fingerprint density at radius 3 is 2.30 bits per heavy atom. The van der Waals surface area contributed by atoms with Gasteiger partial charge >= 0.3 is 0 Å².